The Bertz CT molecular complexity index is 1270. The van der Waals surface area contributed by atoms with E-state index in [1.807, 2.05) is 72.8 Å². The van der Waals surface area contributed by atoms with E-state index in [1.165, 1.54) is 11.8 Å². The predicted molar refractivity (Wildman–Crippen MR) is 152 cm³/mol. The zero-order chi connectivity index (χ0) is 24.8. The Morgan fingerprint density at radius 3 is 2.29 bits per heavy atom. The van der Waals surface area contributed by atoms with E-state index < -0.39 is 0 Å². The lowest BCUT2D eigenvalue weighted by atomic mass is 10.1. The molecule has 6 nitrogen and oxygen atoms in total. The number of methoxy groups -OCH3 is 2. The van der Waals surface area contributed by atoms with E-state index in [4.69, 9.17) is 31.2 Å². The van der Waals surface area contributed by atoms with E-state index in [0.717, 1.165) is 14.8 Å². The summed E-state index contributed by atoms with van der Waals surface area (Å²) in [6, 6.07) is 20.6. The van der Waals surface area contributed by atoms with Crippen LogP contribution in [0, 0.1) is 3.57 Å². The topological polar surface area (TPSA) is 57.2 Å². The molecular formula is C26H22INO5S2. The van der Waals surface area contributed by atoms with Gasteiger partial charge in [0.05, 0.1) is 28.4 Å². The highest BCUT2D eigenvalue weighted by Gasteiger charge is 2.33. The van der Waals surface area contributed by atoms with Crippen molar-refractivity contribution >= 4 is 68.6 Å². The molecule has 0 radical (unpaired) electrons. The van der Waals surface area contributed by atoms with Crippen LogP contribution in [0.4, 0.5) is 5.69 Å². The third-order valence-corrected chi connectivity index (χ3v) is 7.12. The average molecular weight is 620 g/mol. The number of carbonyl (C=O) groups is 1. The number of carbonyl (C=O) groups excluding carboxylic acids is 1. The second kappa shape index (κ2) is 11.8. The fourth-order valence-electron chi connectivity index (χ4n) is 3.42. The molecule has 0 spiro atoms. The summed E-state index contributed by atoms with van der Waals surface area (Å²) in [6.07, 6.45) is 1.82. The van der Waals surface area contributed by atoms with Gasteiger partial charge in [-0.3, -0.25) is 9.69 Å². The van der Waals surface area contributed by atoms with Gasteiger partial charge in [0.25, 0.3) is 5.91 Å². The Kier molecular flexibility index (Phi) is 8.53. The molecule has 1 aliphatic heterocycles. The average Bonchev–Trinajstić information content (AvgIpc) is 3.15. The number of rotatable bonds is 9. The summed E-state index contributed by atoms with van der Waals surface area (Å²) in [6.45, 7) is 0.656. The van der Waals surface area contributed by atoms with E-state index >= 15 is 0 Å². The number of nitrogens with zero attached hydrogens (tertiary/aromatic N) is 1. The fraction of sp³-hybridized carbons (Fsp3) is 0.154. The number of hydrogen-bond acceptors (Lipinski definition) is 7. The van der Waals surface area contributed by atoms with Crippen molar-refractivity contribution in [3.63, 3.8) is 0 Å². The number of halogens is 1. The number of thiocarbonyl (C=S) groups is 1. The van der Waals surface area contributed by atoms with Gasteiger partial charge < -0.3 is 18.9 Å². The van der Waals surface area contributed by atoms with Crippen LogP contribution in [0.15, 0.2) is 71.6 Å². The Morgan fingerprint density at radius 2 is 1.57 bits per heavy atom. The van der Waals surface area contributed by atoms with Crippen LogP contribution in [0.1, 0.15) is 5.56 Å². The van der Waals surface area contributed by atoms with E-state index in [0.29, 0.717) is 45.4 Å². The van der Waals surface area contributed by atoms with Crippen molar-refractivity contribution in [2.75, 3.05) is 32.3 Å². The van der Waals surface area contributed by atoms with Gasteiger partial charge in [-0.05, 0) is 70.6 Å². The number of anilines is 1. The molecule has 0 N–H and O–H groups in total. The maximum Gasteiger partial charge on any atom is 0.270 e. The quantitative estimate of drug-likeness (QED) is 0.123. The molecule has 0 atom stereocenters. The zero-order valence-corrected chi connectivity index (χ0v) is 22.8. The van der Waals surface area contributed by atoms with Crippen LogP contribution in [-0.4, -0.2) is 37.7 Å². The number of hydrogen-bond donors (Lipinski definition) is 0. The van der Waals surface area contributed by atoms with Gasteiger partial charge in [0, 0.05) is 0 Å². The van der Waals surface area contributed by atoms with E-state index in [9.17, 15) is 4.79 Å². The molecule has 3 aromatic carbocycles. The van der Waals surface area contributed by atoms with Crippen LogP contribution >= 0.6 is 46.6 Å². The monoisotopic (exact) mass is 619 g/mol. The lowest BCUT2D eigenvalue weighted by Gasteiger charge is -2.15. The first-order valence-corrected chi connectivity index (χ1v) is 12.9. The Hall–Kier alpha value is -2.76. The van der Waals surface area contributed by atoms with Gasteiger partial charge in [-0.1, -0.05) is 54.3 Å². The Morgan fingerprint density at radius 1 is 0.914 bits per heavy atom. The summed E-state index contributed by atoms with van der Waals surface area (Å²) >= 11 is 8.94. The zero-order valence-electron chi connectivity index (χ0n) is 19.0. The minimum Gasteiger partial charge on any atom is -0.493 e. The third kappa shape index (κ3) is 5.91. The van der Waals surface area contributed by atoms with Gasteiger partial charge in [-0.15, -0.1) is 0 Å². The number of amides is 1. The number of ether oxygens (including phenoxy) is 4. The SMILES string of the molecule is COc1ccccc1OCCOc1c(I)cc(C=C2SC(=S)N(c3ccccc3)C2=O)cc1OC. The molecule has 35 heavy (non-hydrogen) atoms. The van der Waals surface area contributed by atoms with Crippen molar-refractivity contribution in [2.45, 2.75) is 0 Å². The number of para-hydroxylation sites is 3. The van der Waals surface area contributed by atoms with Crippen LogP contribution in [0.2, 0.25) is 0 Å². The molecule has 9 heteroatoms. The highest BCUT2D eigenvalue weighted by molar-refractivity contribution is 14.1. The van der Waals surface area contributed by atoms with Gasteiger partial charge in [-0.2, -0.15) is 0 Å². The summed E-state index contributed by atoms with van der Waals surface area (Å²) in [4.78, 5) is 15.1. The van der Waals surface area contributed by atoms with Crippen molar-refractivity contribution in [1.82, 2.24) is 0 Å². The van der Waals surface area contributed by atoms with Crippen molar-refractivity contribution in [2.24, 2.45) is 0 Å². The first-order chi connectivity index (χ1) is 17.0. The first kappa shape index (κ1) is 25.3. The van der Waals surface area contributed by atoms with Gasteiger partial charge >= 0.3 is 0 Å². The lowest BCUT2D eigenvalue weighted by Crippen LogP contribution is -2.27. The van der Waals surface area contributed by atoms with E-state index in [2.05, 4.69) is 22.6 Å². The van der Waals surface area contributed by atoms with Crippen LogP contribution in [0.5, 0.6) is 23.0 Å². The van der Waals surface area contributed by atoms with Crippen molar-refractivity contribution < 1.29 is 23.7 Å². The molecule has 0 unspecified atom stereocenters. The van der Waals surface area contributed by atoms with Gasteiger partial charge in [0.2, 0.25) is 0 Å². The highest BCUT2D eigenvalue weighted by Crippen LogP contribution is 2.39. The van der Waals surface area contributed by atoms with E-state index in [1.54, 1.807) is 19.1 Å². The number of benzene rings is 3. The molecule has 3 aromatic rings. The molecule has 0 saturated carbocycles. The maximum atomic E-state index is 13.0. The van der Waals surface area contributed by atoms with Crippen LogP contribution in [-0.2, 0) is 4.79 Å². The van der Waals surface area contributed by atoms with Crippen molar-refractivity contribution in [1.29, 1.82) is 0 Å². The molecule has 0 aliphatic carbocycles. The molecule has 1 fully saturated rings. The lowest BCUT2D eigenvalue weighted by molar-refractivity contribution is -0.113. The first-order valence-electron chi connectivity index (χ1n) is 10.6. The van der Waals surface area contributed by atoms with Gasteiger partial charge in [0.1, 0.15) is 13.2 Å². The molecule has 4 rings (SSSR count). The second-order valence-corrected chi connectivity index (χ2v) is 10.1. The van der Waals surface area contributed by atoms with Crippen LogP contribution in [0.3, 0.4) is 0 Å². The maximum absolute atomic E-state index is 13.0. The summed E-state index contributed by atoms with van der Waals surface area (Å²) in [5.41, 5.74) is 1.57. The molecule has 1 heterocycles. The molecule has 1 amide bonds. The van der Waals surface area contributed by atoms with Crippen molar-refractivity contribution in [3.8, 4) is 23.0 Å². The summed E-state index contributed by atoms with van der Waals surface area (Å²) < 4.78 is 24.0. The third-order valence-electron chi connectivity index (χ3n) is 5.01. The summed E-state index contributed by atoms with van der Waals surface area (Å²) in [5.74, 6) is 2.36. The van der Waals surface area contributed by atoms with Crippen LogP contribution < -0.4 is 23.8 Å². The second-order valence-electron chi connectivity index (χ2n) is 7.23. The normalized spacial score (nSPS) is 14.4. The Labute approximate surface area is 227 Å². The summed E-state index contributed by atoms with van der Waals surface area (Å²) in [5, 5.41) is 0. The Balaban J connectivity index is 1.46. The predicted octanol–water partition coefficient (Wildman–Crippen LogP) is 6.17. The van der Waals surface area contributed by atoms with Gasteiger partial charge in [-0.25, -0.2) is 0 Å². The van der Waals surface area contributed by atoms with Gasteiger partial charge in [0.15, 0.2) is 27.3 Å². The fourth-order valence-corrected chi connectivity index (χ4v) is 5.50. The van der Waals surface area contributed by atoms with E-state index in [-0.39, 0.29) is 5.91 Å². The minimum atomic E-state index is -0.144. The molecule has 0 aromatic heterocycles. The number of thioether (sulfide) groups is 1. The molecule has 1 aliphatic rings. The van der Waals surface area contributed by atoms with Crippen LogP contribution in [0.25, 0.3) is 6.08 Å². The minimum absolute atomic E-state index is 0.144. The highest BCUT2D eigenvalue weighted by atomic mass is 127. The molecular weight excluding hydrogens is 597 g/mol. The molecule has 0 bridgehead atoms. The summed E-state index contributed by atoms with van der Waals surface area (Å²) in [7, 11) is 3.19. The smallest absolute Gasteiger partial charge is 0.270 e. The largest absolute Gasteiger partial charge is 0.493 e. The van der Waals surface area contributed by atoms with Crippen molar-refractivity contribution in [3.05, 3.63) is 80.8 Å². The standard InChI is InChI=1S/C26H22INO5S2/c1-30-20-10-6-7-11-21(20)32-12-13-33-24-19(27)14-17(15-22(24)31-2)16-23-25(29)28(26(34)35-23)18-8-4-3-5-9-18/h3-11,14-16H,12-13H2,1-2H3. The molecule has 1 saturated heterocycles. The molecule has 180 valence electrons.